The molecule has 3 heterocycles. The number of fused-ring (bicyclic) bond motifs is 2. The van der Waals surface area contributed by atoms with Gasteiger partial charge in [-0.25, -0.2) is 14.8 Å². The second-order valence-electron chi connectivity index (χ2n) is 6.12. The molecule has 114 valence electrons. The Morgan fingerprint density at radius 2 is 2.29 bits per heavy atom. The predicted molar refractivity (Wildman–Crippen MR) is 77.3 cm³/mol. The van der Waals surface area contributed by atoms with Crippen LogP contribution in [0, 0.1) is 0 Å². The number of hydrogen-bond acceptors (Lipinski definition) is 5. The number of nitrogens with zero attached hydrogens (tertiary/aromatic N) is 2. The van der Waals surface area contributed by atoms with Crippen molar-refractivity contribution in [2.45, 2.75) is 64.1 Å². The van der Waals surface area contributed by atoms with Crippen molar-refractivity contribution < 1.29 is 14.3 Å². The van der Waals surface area contributed by atoms with Crippen LogP contribution in [0.4, 0.5) is 0 Å². The van der Waals surface area contributed by atoms with Crippen molar-refractivity contribution in [3.8, 4) is 0 Å². The average molecular weight is 290 g/mol. The summed E-state index contributed by atoms with van der Waals surface area (Å²) < 4.78 is 11.0. The van der Waals surface area contributed by atoms with Crippen molar-refractivity contribution in [2.24, 2.45) is 0 Å². The SMILES string of the molecule is CCOC(=O)c1cnc(C2CC3CCC2O3)nc1C(C)C. The van der Waals surface area contributed by atoms with Crippen molar-refractivity contribution >= 4 is 5.97 Å². The predicted octanol–water partition coefficient (Wildman–Crippen LogP) is 2.81. The van der Waals surface area contributed by atoms with Crippen molar-refractivity contribution in [1.82, 2.24) is 9.97 Å². The molecule has 3 unspecified atom stereocenters. The molecule has 2 bridgehead atoms. The van der Waals surface area contributed by atoms with Gasteiger partial charge in [-0.2, -0.15) is 0 Å². The summed E-state index contributed by atoms with van der Waals surface area (Å²) in [7, 11) is 0. The number of ether oxygens (including phenoxy) is 2. The molecule has 0 amide bonds. The summed E-state index contributed by atoms with van der Waals surface area (Å²) in [6, 6.07) is 0. The van der Waals surface area contributed by atoms with Crippen LogP contribution in [0.25, 0.3) is 0 Å². The lowest BCUT2D eigenvalue weighted by Gasteiger charge is -2.19. The molecule has 0 spiro atoms. The van der Waals surface area contributed by atoms with E-state index in [1.54, 1.807) is 13.1 Å². The van der Waals surface area contributed by atoms with E-state index in [-0.39, 0.29) is 23.9 Å². The molecule has 1 aromatic heterocycles. The van der Waals surface area contributed by atoms with Gasteiger partial charge in [0.2, 0.25) is 0 Å². The maximum Gasteiger partial charge on any atom is 0.341 e. The zero-order valence-electron chi connectivity index (χ0n) is 12.8. The van der Waals surface area contributed by atoms with Gasteiger partial charge in [0.25, 0.3) is 0 Å². The Bertz CT molecular complexity index is 544. The molecule has 0 N–H and O–H groups in total. The fourth-order valence-corrected chi connectivity index (χ4v) is 3.30. The molecule has 0 aromatic carbocycles. The first-order valence-corrected chi connectivity index (χ1v) is 7.79. The summed E-state index contributed by atoms with van der Waals surface area (Å²) in [5, 5.41) is 0. The monoisotopic (exact) mass is 290 g/mol. The quantitative estimate of drug-likeness (QED) is 0.798. The van der Waals surface area contributed by atoms with Crippen LogP contribution in [-0.4, -0.2) is 34.8 Å². The smallest absolute Gasteiger partial charge is 0.341 e. The number of hydrogen-bond donors (Lipinski definition) is 0. The van der Waals surface area contributed by atoms with Crippen LogP contribution < -0.4 is 0 Å². The molecule has 1 aromatic rings. The number of carbonyl (C=O) groups is 1. The minimum atomic E-state index is -0.336. The summed E-state index contributed by atoms with van der Waals surface area (Å²) in [5.74, 6) is 0.916. The van der Waals surface area contributed by atoms with Gasteiger partial charge in [-0.3, -0.25) is 0 Å². The highest BCUT2D eigenvalue weighted by Crippen LogP contribution is 2.43. The topological polar surface area (TPSA) is 61.3 Å². The number of esters is 1. The second-order valence-corrected chi connectivity index (χ2v) is 6.12. The molecule has 0 radical (unpaired) electrons. The Labute approximate surface area is 125 Å². The van der Waals surface area contributed by atoms with Crippen LogP contribution in [0.3, 0.4) is 0 Å². The van der Waals surface area contributed by atoms with Crippen molar-refractivity contribution in [1.29, 1.82) is 0 Å². The molecule has 21 heavy (non-hydrogen) atoms. The molecule has 0 aliphatic carbocycles. The van der Waals surface area contributed by atoms with Crippen LogP contribution in [0.1, 0.15) is 73.7 Å². The molecule has 3 rings (SSSR count). The van der Waals surface area contributed by atoms with E-state index < -0.39 is 0 Å². The summed E-state index contributed by atoms with van der Waals surface area (Å²) >= 11 is 0. The maximum atomic E-state index is 12.0. The second kappa shape index (κ2) is 5.72. The highest BCUT2D eigenvalue weighted by molar-refractivity contribution is 5.90. The molecule has 2 saturated heterocycles. The first kappa shape index (κ1) is 14.4. The van der Waals surface area contributed by atoms with Gasteiger partial charge >= 0.3 is 5.97 Å². The van der Waals surface area contributed by atoms with Gasteiger partial charge in [0, 0.05) is 12.1 Å². The van der Waals surface area contributed by atoms with Crippen LogP contribution >= 0.6 is 0 Å². The molecular weight excluding hydrogens is 268 g/mol. The summed E-state index contributed by atoms with van der Waals surface area (Å²) in [5.41, 5.74) is 1.26. The van der Waals surface area contributed by atoms with Gasteiger partial charge in [-0.15, -0.1) is 0 Å². The third kappa shape index (κ3) is 2.67. The fraction of sp³-hybridized carbons (Fsp3) is 0.688. The Hall–Kier alpha value is -1.49. The molecule has 5 heteroatoms. The molecule has 2 fully saturated rings. The van der Waals surface area contributed by atoms with E-state index in [1.165, 1.54) is 0 Å². The van der Waals surface area contributed by atoms with Gasteiger partial charge in [0.1, 0.15) is 5.82 Å². The molecule has 3 atom stereocenters. The summed E-state index contributed by atoms with van der Waals surface area (Å²) in [6.07, 6.45) is 5.50. The van der Waals surface area contributed by atoms with E-state index in [4.69, 9.17) is 9.47 Å². The zero-order valence-corrected chi connectivity index (χ0v) is 12.8. The maximum absolute atomic E-state index is 12.0. The standard InChI is InChI=1S/C16H22N2O3/c1-4-20-16(19)12-8-17-15(18-14(12)9(2)3)11-7-10-5-6-13(11)21-10/h8-11,13H,4-7H2,1-3H3. The molecule has 5 nitrogen and oxygen atoms in total. The third-order valence-corrected chi connectivity index (χ3v) is 4.32. The van der Waals surface area contributed by atoms with Crippen LogP contribution in [0.15, 0.2) is 6.20 Å². The lowest BCUT2D eigenvalue weighted by atomic mass is 9.88. The van der Waals surface area contributed by atoms with Gasteiger partial charge in [-0.1, -0.05) is 13.8 Å². The van der Waals surface area contributed by atoms with Crippen molar-refractivity contribution in [3.05, 3.63) is 23.3 Å². The minimum absolute atomic E-state index is 0.158. The number of rotatable bonds is 4. The first-order valence-electron chi connectivity index (χ1n) is 7.79. The van der Waals surface area contributed by atoms with Crippen LogP contribution in [0.2, 0.25) is 0 Å². The van der Waals surface area contributed by atoms with E-state index in [2.05, 4.69) is 9.97 Å². The van der Waals surface area contributed by atoms with Gasteiger partial charge < -0.3 is 9.47 Å². The average Bonchev–Trinajstić information content (AvgIpc) is 3.09. The van der Waals surface area contributed by atoms with Crippen LogP contribution in [-0.2, 0) is 9.47 Å². The molecule has 2 aliphatic heterocycles. The van der Waals surface area contributed by atoms with E-state index >= 15 is 0 Å². The fourth-order valence-electron chi connectivity index (χ4n) is 3.30. The van der Waals surface area contributed by atoms with Gasteiger partial charge in [0.15, 0.2) is 0 Å². The Morgan fingerprint density at radius 1 is 1.48 bits per heavy atom. The lowest BCUT2D eigenvalue weighted by Crippen LogP contribution is -2.20. The Morgan fingerprint density at radius 3 is 2.86 bits per heavy atom. The first-order chi connectivity index (χ1) is 10.1. The van der Waals surface area contributed by atoms with Gasteiger partial charge in [-0.05, 0) is 32.1 Å². The third-order valence-electron chi connectivity index (χ3n) is 4.32. The van der Waals surface area contributed by atoms with E-state index in [0.717, 1.165) is 30.8 Å². The Kier molecular flexibility index (Phi) is 3.93. The van der Waals surface area contributed by atoms with E-state index in [1.807, 2.05) is 13.8 Å². The highest BCUT2D eigenvalue weighted by atomic mass is 16.5. The van der Waals surface area contributed by atoms with E-state index in [0.29, 0.717) is 18.3 Å². The van der Waals surface area contributed by atoms with Crippen molar-refractivity contribution in [3.63, 3.8) is 0 Å². The lowest BCUT2D eigenvalue weighted by molar-refractivity contribution is 0.0523. The van der Waals surface area contributed by atoms with Crippen LogP contribution in [0.5, 0.6) is 0 Å². The minimum Gasteiger partial charge on any atom is -0.462 e. The summed E-state index contributed by atoms with van der Waals surface area (Å²) in [6.45, 7) is 6.23. The number of carbonyl (C=O) groups excluding carboxylic acids is 1. The Balaban J connectivity index is 1.90. The highest BCUT2D eigenvalue weighted by Gasteiger charge is 2.43. The van der Waals surface area contributed by atoms with Gasteiger partial charge in [0.05, 0.1) is 30.1 Å². The number of aromatic nitrogens is 2. The zero-order chi connectivity index (χ0) is 15.0. The molecular formula is C16H22N2O3. The van der Waals surface area contributed by atoms with Crippen molar-refractivity contribution in [2.75, 3.05) is 6.61 Å². The van der Waals surface area contributed by atoms with E-state index in [9.17, 15) is 4.79 Å². The molecule has 2 aliphatic rings. The normalized spacial score (nSPS) is 27.3. The largest absolute Gasteiger partial charge is 0.462 e. The summed E-state index contributed by atoms with van der Waals surface area (Å²) in [4.78, 5) is 21.1. The molecule has 0 saturated carbocycles.